The van der Waals surface area contributed by atoms with Crippen LogP contribution >= 0.6 is 15.9 Å². The van der Waals surface area contributed by atoms with Gasteiger partial charge in [0, 0.05) is 10.7 Å². The molecule has 2 aromatic heterocycles. The lowest BCUT2D eigenvalue weighted by atomic mass is 10.2. The molecule has 3 rings (SSSR count). The topological polar surface area (TPSA) is 51.0 Å². The van der Waals surface area contributed by atoms with Crippen LogP contribution in [0.25, 0.3) is 11.0 Å². The van der Waals surface area contributed by atoms with Crippen molar-refractivity contribution in [2.75, 3.05) is 13.1 Å². The van der Waals surface area contributed by atoms with Gasteiger partial charge in [0.1, 0.15) is 18.2 Å². The van der Waals surface area contributed by atoms with E-state index in [0.717, 1.165) is 15.5 Å². The standard InChI is InChI=1S/C11H10BrFN4O/c12-7-1-10-9(14-2-7)3-15-17(10)6-11(18)16-4-8(13)5-16/h1-3,8H,4-6H2. The quantitative estimate of drug-likeness (QED) is 0.841. The molecule has 0 aliphatic carbocycles. The molecule has 0 unspecified atom stereocenters. The first kappa shape index (κ1) is 11.6. The fourth-order valence-corrected chi connectivity index (χ4v) is 2.23. The Morgan fingerprint density at radius 2 is 2.28 bits per heavy atom. The van der Waals surface area contributed by atoms with Crippen LogP contribution in [0.4, 0.5) is 4.39 Å². The minimum absolute atomic E-state index is 0.117. The molecule has 5 nitrogen and oxygen atoms in total. The van der Waals surface area contributed by atoms with Crippen molar-refractivity contribution in [3.8, 4) is 0 Å². The Labute approximate surface area is 111 Å². The van der Waals surface area contributed by atoms with Gasteiger partial charge in [-0.05, 0) is 22.0 Å². The van der Waals surface area contributed by atoms with Crippen LogP contribution < -0.4 is 0 Å². The normalized spacial score (nSPS) is 16.0. The van der Waals surface area contributed by atoms with Gasteiger partial charge in [-0.25, -0.2) is 4.39 Å². The summed E-state index contributed by atoms with van der Waals surface area (Å²) in [5.74, 6) is -0.117. The van der Waals surface area contributed by atoms with Crippen molar-refractivity contribution in [1.82, 2.24) is 19.7 Å². The van der Waals surface area contributed by atoms with Gasteiger partial charge >= 0.3 is 0 Å². The molecular weight excluding hydrogens is 303 g/mol. The molecule has 1 aliphatic heterocycles. The number of hydrogen-bond acceptors (Lipinski definition) is 3. The maximum atomic E-state index is 12.7. The van der Waals surface area contributed by atoms with Crippen LogP contribution in [0.15, 0.2) is 22.9 Å². The second-order valence-corrected chi connectivity index (χ2v) is 5.17. The minimum atomic E-state index is -0.876. The third kappa shape index (κ3) is 1.98. The number of amides is 1. The van der Waals surface area contributed by atoms with E-state index in [0.29, 0.717) is 0 Å². The van der Waals surface area contributed by atoms with Gasteiger partial charge in [-0.2, -0.15) is 5.10 Å². The lowest BCUT2D eigenvalue weighted by molar-refractivity contribution is -0.139. The van der Waals surface area contributed by atoms with E-state index in [1.54, 1.807) is 17.1 Å². The summed E-state index contributed by atoms with van der Waals surface area (Å²) >= 11 is 3.33. The van der Waals surface area contributed by atoms with E-state index >= 15 is 0 Å². The summed E-state index contributed by atoms with van der Waals surface area (Å²) < 4.78 is 15.1. The van der Waals surface area contributed by atoms with Gasteiger partial charge in [0.25, 0.3) is 0 Å². The zero-order valence-corrected chi connectivity index (χ0v) is 11.0. The number of pyridine rings is 1. The molecule has 1 saturated heterocycles. The average molecular weight is 313 g/mol. The third-order valence-electron chi connectivity index (χ3n) is 2.94. The number of fused-ring (bicyclic) bond motifs is 1. The predicted molar refractivity (Wildman–Crippen MR) is 66.7 cm³/mol. The smallest absolute Gasteiger partial charge is 0.244 e. The van der Waals surface area contributed by atoms with E-state index in [-0.39, 0.29) is 25.5 Å². The van der Waals surface area contributed by atoms with Crippen LogP contribution in [-0.4, -0.2) is 44.8 Å². The van der Waals surface area contributed by atoms with Gasteiger partial charge in [-0.15, -0.1) is 0 Å². The molecule has 0 spiro atoms. The van der Waals surface area contributed by atoms with E-state index in [1.807, 2.05) is 6.07 Å². The number of aromatic nitrogens is 3. The van der Waals surface area contributed by atoms with Gasteiger partial charge in [0.05, 0.1) is 24.8 Å². The molecule has 0 saturated carbocycles. The maximum Gasteiger partial charge on any atom is 0.244 e. The summed E-state index contributed by atoms with van der Waals surface area (Å²) in [6, 6.07) is 1.86. The monoisotopic (exact) mass is 312 g/mol. The molecule has 3 heterocycles. The van der Waals surface area contributed by atoms with E-state index in [2.05, 4.69) is 26.0 Å². The zero-order valence-electron chi connectivity index (χ0n) is 9.38. The summed E-state index contributed by atoms with van der Waals surface area (Å²) in [5, 5.41) is 4.13. The van der Waals surface area contributed by atoms with Crippen molar-refractivity contribution in [3.63, 3.8) is 0 Å². The van der Waals surface area contributed by atoms with Crippen LogP contribution in [-0.2, 0) is 11.3 Å². The molecule has 1 aliphatic rings. The van der Waals surface area contributed by atoms with Gasteiger partial charge in [-0.3, -0.25) is 14.5 Å². The Hall–Kier alpha value is -1.50. The minimum Gasteiger partial charge on any atom is -0.335 e. The van der Waals surface area contributed by atoms with Crippen LogP contribution in [0.1, 0.15) is 0 Å². The Balaban J connectivity index is 1.82. The highest BCUT2D eigenvalue weighted by molar-refractivity contribution is 9.10. The number of alkyl halides is 1. The number of rotatable bonds is 2. The number of carbonyl (C=O) groups is 1. The van der Waals surface area contributed by atoms with E-state index < -0.39 is 6.17 Å². The first-order valence-corrected chi connectivity index (χ1v) is 6.31. The zero-order chi connectivity index (χ0) is 12.7. The summed E-state index contributed by atoms with van der Waals surface area (Å²) in [4.78, 5) is 17.5. The van der Waals surface area contributed by atoms with Crippen LogP contribution in [0.3, 0.4) is 0 Å². The summed E-state index contributed by atoms with van der Waals surface area (Å²) in [5.41, 5.74) is 1.52. The van der Waals surface area contributed by atoms with E-state index in [4.69, 9.17) is 0 Å². The third-order valence-corrected chi connectivity index (χ3v) is 3.37. The Morgan fingerprint density at radius 3 is 3.00 bits per heavy atom. The number of hydrogen-bond donors (Lipinski definition) is 0. The van der Waals surface area contributed by atoms with E-state index in [9.17, 15) is 9.18 Å². The van der Waals surface area contributed by atoms with Crippen LogP contribution in [0, 0.1) is 0 Å². The molecule has 0 radical (unpaired) electrons. The highest BCUT2D eigenvalue weighted by atomic mass is 79.9. The van der Waals surface area contributed by atoms with Crippen molar-refractivity contribution in [1.29, 1.82) is 0 Å². The van der Waals surface area contributed by atoms with Crippen molar-refractivity contribution in [2.45, 2.75) is 12.7 Å². The summed E-state index contributed by atoms with van der Waals surface area (Å²) in [6.45, 7) is 0.508. The fraction of sp³-hybridized carbons (Fsp3) is 0.364. The average Bonchev–Trinajstić information content (AvgIpc) is 2.68. The molecule has 1 fully saturated rings. The highest BCUT2D eigenvalue weighted by Crippen LogP contribution is 2.18. The number of halogens is 2. The predicted octanol–water partition coefficient (Wildman–Crippen LogP) is 1.37. The Bertz CT molecular complexity index is 608. The second kappa shape index (κ2) is 4.31. The molecule has 0 N–H and O–H groups in total. The summed E-state index contributed by atoms with van der Waals surface area (Å²) in [7, 11) is 0. The highest BCUT2D eigenvalue weighted by Gasteiger charge is 2.30. The largest absolute Gasteiger partial charge is 0.335 e. The first-order chi connectivity index (χ1) is 8.63. The van der Waals surface area contributed by atoms with E-state index in [1.165, 1.54) is 4.90 Å². The lowest BCUT2D eigenvalue weighted by Crippen LogP contribution is -2.52. The van der Waals surface area contributed by atoms with Crippen molar-refractivity contribution in [2.24, 2.45) is 0 Å². The molecule has 1 amide bonds. The molecule has 94 valence electrons. The second-order valence-electron chi connectivity index (χ2n) is 4.26. The maximum absolute atomic E-state index is 12.7. The first-order valence-electron chi connectivity index (χ1n) is 5.52. The SMILES string of the molecule is O=C(Cn1ncc2ncc(Br)cc21)N1CC(F)C1. The molecule has 0 aromatic carbocycles. The van der Waals surface area contributed by atoms with Crippen molar-refractivity contribution < 1.29 is 9.18 Å². The van der Waals surface area contributed by atoms with Crippen LogP contribution in [0.5, 0.6) is 0 Å². The molecule has 0 bridgehead atoms. The number of likely N-dealkylation sites (tertiary alicyclic amines) is 1. The Kier molecular flexibility index (Phi) is 2.77. The van der Waals surface area contributed by atoms with Crippen molar-refractivity contribution >= 4 is 32.9 Å². The Morgan fingerprint density at radius 1 is 1.50 bits per heavy atom. The number of carbonyl (C=O) groups excluding carboxylic acids is 1. The molecule has 2 aromatic rings. The van der Waals surface area contributed by atoms with Gasteiger partial charge in [-0.1, -0.05) is 0 Å². The molecule has 7 heteroatoms. The fourth-order valence-electron chi connectivity index (χ4n) is 1.91. The molecule has 18 heavy (non-hydrogen) atoms. The van der Waals surface area contributed by atoms with Crippen LogP contribution in [0.2, 0.25) is 0 Å². The molecule has 0 atom stereocenters. The molecular formula is C11H10BrFN4O. The van der Waals surface area contributed by atoms with Gasteiger partial charge < -0.3 is 4.90 Å². The number of nitrogens with zero attached hydrogens (tertiary/aromatic N) is 4. The lowest BCUT2D eigenvalue weighted by Gasteiger charge is -2.34. The van der Waals surface area contributed by atoms with Gasteiger partial charge in [0.15, 0.2) is 0 Å². The van der Waals surface area contributed by atoms with Crippen molar-refractivity contribution in [3.05, 3.63) is 22.9 Å². The van der Waals surface area contributed by atoms with Gasteiger partial charge in [0.2, 0.25) is 5.91 Å². The summed E-state index contributed by atoms with van der Waals surface area (Å²) in [6.07, 6.45) is 2.42.